The number of nitrogens with zero attached hydrogens (tertiary/aromatic N) is 5. The molecule has 0 amide bonds. The second kappa shape index (κ2) is 8.85. The summed E-state index contributed by atoms with van der Waals surface area (Å²) in [5, 5.41) is 4.87. The SMILES string of the molecule is Cc1cnc(-c2cnc(N)nc2NC(C)c2nc3cccc(Cl)c3c(=O)n2-c2ccccc2)s1. The van der Waals surface area contributed by atoms with E-state index in [0.717, 1.165) is 15.4 Å². The molecular weight excluding hydrogens is 470 g/mol. The fraction of sp³-hybridized carbons (Fsp3) is 0.125. The number of anilines is 2. The van der Waals surface area contributed by atoms with Crippen molar-refractivity contribution in [2.24, 2.45) is 0 Å². The van der Waals surface area contributed by atoms with E-state index in [2.05, 4.69) is 20.3 Å². The molecule has 0 saturated carbocycles. The first-order valence-corrected chi connectivity index (χ1v) is 11.7. The minimum atomic E-state index is -0.426. The van der Waals surface area contributed by atoms with Gasteiger partial charge in [0.25, 0.3) is 5.56 Å². The average molecular weight is 490 g/mol. The Balaban J connectivity index is 1.67. The molecule has 8 nitrogen and oxygen atoms in total. The third kappa shape index (κ3) is 4.00. The van der Waals surface area contributed by atoms with Crippen molar-refractivity contribution in [3.63, 3.8) is 0 Å². The van der Waals surface area contributed by atoms with Crippen molar-refractivity contribution in [1.29, 1.82) is 0 Å². The number of thiazole rings is 1. The van der Waals surface area contributed by atoms with Crippen molar-refractivity contribution in [2.45, 2.75) is 19.9 Å². The minimum absolute atomic E-state index is 0.130. The Labute approximate surface area is 204 Å². The molecule has 2 aromatic carbocycles. The molecule has 0 aliphatic carbocycles. The second-order valence-electron chi connectivity index (χ2n) is 7.71. The quantitative estimate of drug-likeness (QED) is 0.356. The molecule has 10 heteroatoms. The molecule has 34 heavy (non-hydrogen) atoms. The number of para-hydroxylation sites is 1. The lowest BCUT2D eigenvalue weighted by atomic mass is 10.2. The molecule has 3 N–H and O–H groups in total. The van der Waals surface area contributed by atoms with Crippen LogP contribution in [0.4, 0.5) is 11.8 Å². The van der Waals surface area contributed by atoms with E-state index < -0.39 is 6.04 Å². The Morgan fingerprint density at radius 3 is 2.59 bits per heavy atom. The summed E-state index contributed by atoms with van der Waals surface area (Å²) in [4.78, 5) is 32.5. The minimum Gasteiger partial charge on any atom is -0.368 e. The van der Waals surface area contributed by atoms with Gasteiger partial charge in [-0.15, -0.1) is 11.3 Å². The van der Waals surface area contributed by atoms with E-state index in [9.17, 15) is 4.79 Å². The third-order valence-corrected chi connectivity index (χ3v) is 6.55. The van der Waals surface area contributed by atoms with E-state index >= 15 is 0 Å². The van der Waals surface area contributed by atoms with Crippen molar-refractivity contribution < 1.29 is 0 Å². The average Bonchev–Trinajstić information content (AvgIpc) is 3.25. The topological polar surface area (TPSA) is 112 Å². The summed E-state index contributed by atoms with van der Waals surface area (Å²) in [6.45, 7) is 3.89. The number of aromatic nitrogens is 5. The molecule has 3 aromatic heterocycles. The van der Waals surface area contributed by atoms with Crippen LogP contribution in [0.15, 0.2) is 65.7 Å². The highest BCUT2D eigenvalue weighted by molar-refractivity contribution is 7.15. The van der Waals surface area contributed by atoms with Crippen molar-refractivity contribution >= 4 is 45.6 Å². The van der Waals surface area contributed by atoms with Crippen molar-refractivity contribution in [3.05, 3.63) is 87.0 Å². The number of nitrogens with two attached hydrogens (primary N) is 1. The molecule has 1 atom stereocenters. The van der Waals surface area contributed by atoms with Gasteiger partial charge in [-0.3, -0.25) is 9.36 Å². The number of aryl methyl sites for hydroxylation is 1. The normalized spacial score (nSPS) is 12.1. The molecule has 0 fully saturated rings. The number of nitrogens with one attached hydrogen (secondary N) is 1. The van der Waals surface area contributed by atoms with Gasteiger partial charge in [0.2, 0.25) is 5.95 Å². The van der Waals surface area contributed by atoms with Crippen LogP contribution in [0.1, 0.15) is 23.7 Å². The third-order valence-electron chi connectivity index (χ3n) is 5.29. The van der Waals surface area contributed by atoms with Gasteiger partial charge in [-0.1, -0.05) is 35.9 Å². The van der Waals surface area contributed by atoms with E-state index in [-0.39, 0.29) is 11.5 Å². The number of hydrogen-bond donors (Lipinski definition) is 2. The predicted octanol–water partition coefficient (Wildman–Crippen LogP) is 5.02. The predicted molar refractivity (Wildman–Crippen MR) is 137 cm³/mol. The van der Waals surface area contributed by atoms with Crippen LogP contribution in [0.25, 0.3) is 27.2 Å². The van der Waals surface area contributed by atoms with Crippen LogP contribution in [0, 0.1) is 6.92 Å². The van der Waals surface area contributed by atoms with Crippen LogP contribution in [0.5, 0.6) is 0 Å². The van der Waals surface area contributed by atoms with E-state index in [1.807, 2.05) is 44.2 Å². The molecule has 5 rings (SSSR count). The highest BCUT2D eigenvalue weighted by atomic mass is 35.5. The van der Waals surface area contributed by atoms with E-state index in [0.29, 0.717) is 33.3 Å². The molecule has 0 aliphatic rings. The first-order valence-electron chi connectivity index (χ1n) is 10.5. The van der Waals surface area contributed by atoms with Gasteiger partial charge in [-0.05, 0) is 38.1 Å². The molecule has 0 bridgehead atoms. The van der Waals surface area contributed by atoms with Crippen LogP contribution in [-0.2, 0) is 0 Å². The number of fused-ring (bicyclic) bond motifs is 1. The molecule has 0 aliphatic heterocycles. The Bertz CT molecular complexity index is 1570. The Morgan fingerprint density at radius 1 is 1.06 bits per heavy atom. The molecule has 170 valence electrons. The van der Waals surface area contributed by atoms with Crippen molar-refractivity contribution in [3.8, 4) is 16.3 Å². The zero-order valence-corrected chi connectivity index (χ0v) is 19.9. The van der Waals surface area contributed by atoms with Gasteiger partial charge in [0.1, 0.15) is 16.6 Å². The standard InChI is InChI=1S/C24H20ClN7OS/c1-13-11-27-22(34-13)16-12-28-24(26)31-20(16)29-14(2)21-30-18-10-6-9-17(25)19(18)23(33)32(21)15-7-4-3-5-8-15/h3-12,14H,1-2H3,(H3,26,28,29,31). The summed E-state index contributed by atoms with van der Waals surface area (Å²) in [6.07, 6.45) is 3.44. The van der Waals surface area contributed by atoms with Gasteiger partial charge >= 0.3 is 0 Å². The second-order valence-corrected chi connectivity index (χ2v) is 9.35. The first-order chi connectivity index (χ1) is 16.4. The Kier molecular flexibility index (Phi) is 5.72. The van der Waals surface area contributed by atoms with Crippen LogP contribution < -0.4 is 16.6 Å². The van der Waals surface area contributed by atoms with Gasteiger partial charge in [0, 0.05) is 17.3 Å². The molecule has 3 heterocycles. The number of nitrogen functional groups attached to an aromatic ring is 1. The summed E-state index contributed by atoms with van der Waals surface area (Å²) in [5.74, 6) is 1.14. The Hall–Kier alpha value is -3.82. The molecule has 0 saturated heterocycles. The van der Waals surface area contributed by atoms with Crippen molar-refractivity contribution in [1.82, 2.24) is 24.5 Å². The summed E-state index contributed by atoms with van der Waals surface area (Å²) >= 11 is 7.92. The Morgan fingerprint density at radius 2 is 1.85 bits per heavy atom. The number of benzene rings is 2. The van der Waals surface area contributed by atoms with Gasteiger partial charge < -0.3 is 11.1 Å². The van der Waals surface area contributed by atoms with Crippen molar-refractivity contribution in [2.75, 3.05) is 11.1 Å². The van der Waals surface area contributed by atoms with Crippen LogP contribution in [0.3, 0.4) is 0 Å². The van der Waals surface area contributed by atoms with Gasteiger partial charge in [0.05, 0.1) is 33.2 Å². The van der Waals surface area contributed by atoms with E-state index in [1.54, 1.807) is 35.2 Å². The van der Waals surface area contributed by atoms with E-state index in [4.69, 9.17) is 22.3 Å². The summed E-state index contributed by atoms with van der Waals surface area (Å²) < 4.78 is 1.57. The molecular formula is C24H20ClN7OS. The number of rotatable bonds is 5. The molecule has 5 aromatic rings. The van der Waals surface area contributed by atoms with E-state index in [1.165, 1.54) is 11.3 Å². The molecule has 1 unspecified atom stereocenters. The molecule has 0 radical (unpaired) electrons. The molecule has 0 spiro atoms. The maximum atomic E-state index is 13.6. The van der Waals surface area contributed by atoms with Crippen LogP contribution in [0.2, 0.25) is 5.02 Å². The summed E-state index contributed by atoms with van der Waals surface area (Å²) in [6, 6.07) is 14.2. The lowest BCUT2D eigenvalue weighted by Crippen LogP contribution is -2.27. The summed E-state index contributed by atoms with van der Waals surface area (Å²) in [5.41, 5.74) is 7.57. The first kappa shape index (κ1) is 22.0. The fourth-order valence-corrected chi connectivity index (χ4v) is 4.76. The maximum absolute atomic E-state index is 13.6. The highest BCUT2D eigenvalue weighted by Crippen LogP contribution is 2.32. The largest absolute Gasteiger partial charge is 0.368 e. The van der Waals surface area contributed by atoms with Gasteiger partial charge in [-0.25, -0.2) is 15.0 Å². The number of hydrogen-bond acceptors (Lipinski definition) is 8. The smallest absolute Gasteiger partial charge is 0.267 e. The highest BCUT2D eigenvalue weighted by Gasteiger charge is 2.21. The monoisotopic (exact) mass is 489 g/mol. The lowest BCUT2D eigenvalue weighted by Gasteiger charge is -2.21. The fourth-order valence-electron chi connectivity index (χ4n) is 3.73. The zero-order chi connectivity index (χ0) is 23.8. The lowest BCUT2D eigenvalue weighted by molar-refractivity contribution is 0.731. The zero-order valence-electron chi connectivity index (χ0n) is 18.4. The van der Waals surface area contributed by atoms with Crippen LogP contribution >= 0.6 is 22.9 Å². The van der Waals surface area contributed by atoms with Gasteiger partial charge in [0.15, 0.2) is 0 Å². The van der Waals surface area contributed by atoms with Gasteiger partial charge in [-0.2, -0.15) is 4.98 Å². The van der Waals surface area contributed by atoms with Crippen LogP contribution in [-0.4, -0.2) is 24.5 Å². The summed E-state index contributed by atoms with van der Waals surface area (Å²) in [7, 11) is 0. The number of halogens is 1. The maximum Gasteiger partial charge on any atom is 0.267 e.